The molecule has 0 aliphatic carbocycles. The third kappa shape index (κ3) is 1.44. The zero-order chi connectivity index (χ0) is 9.30. The van der Waals surface area contributed by atoms with Crippen molar-refractivity contribution in [3.63, 3.8) is 0 Å². The van der Waals surface area contributed by atoms with Gasteiger partial charge in [-0.05, 0) is 0 Å². The minimum atomic E-state index is -1.06. The minimum absolute atomic E-state index is 0.158. The Morgan fingerprint density at radius 2 is 2.25 bits per heavy atom. The molecule has 0 aromatic carbocycles. The van der Waals surface area contributed by atoms with Crippen molar-refractivity contribution in [3.8, 4) is 0 Å². The SMILES string of the molecule is CN1C(=O)CC(=O)C1CC(=O)O. The minimum Gasteiger partial charge on any atom is -0.481 e. The number of likely N-dealkylation sites (N-methyl/N-ethyl adjacent to an activating group) is 1. The number of amides is 1. The van der Waals surface area contributed by atoms with Gasteiger partial charge in [-0.1, -0.05) is 0 Å². The number of aliphatic carboxylic acids is 1. The van der Waals surface area contributed by atoms with Crippen LogP contribution in [0, 0.1) is 0 Å². The van der Waals surface area contributed by atoms with Crippen LogP contribution in [0.25, 0.3) is 0 Å². The molecular formula is C7H9NO4. The van der Waals surface area contributed by atoms with E-state index in [0.29, 0.717) is 0 Å². The largest absolute Gasteiger partial charge is 0.481 e. The molecule has 0 spiro atoms. The van der Waals surface area contributed by atoms with Crippen LogP contribution in [0.5, 0.6) is 0 Å². The normalized spacial score (nSPS) is 23.4. The Bertz CT molecular complexity index is 248. The summed E-state index contributed by atoms with van der Waals surface area (Å²) in [6.45, 7) is 0. The fourth-order valence-corrected chi connectivity index (χ4v) is 1.20. The van der Waals surface area contributed by atoms with Crippen molar-refractivity contribution < 1.29 is 19.5 Å². The molecule has 12 heavy (non-hydrogen) atoms. The lowest BCUT2D eigenvalue weighted by atomic mass is 10.1. The Labute approximate surface area is 69.0 Å². The molecule has 5 nitrogen and oxygen atoms in total. The number of carboxylic acid groups (broad SMARTS) is 1. The maximum atomic E-state index is 11.0. The second kappa shape index (κ2) is 2.92. The number of rotatable bonds is 2. The fourth-order valence-electron chi connectivity index (χ4n) is 1.20. The fraction of sp³-hybridized carbons (Fsp3) is 0.571. The molecule has 1 unspecified atom stereocenters. The van der Waals surface area contributed by atoms with E-state index in [0.717, 1.165) is 0 Å². The summed E-state index contributed by atoms with van der Waals surface area (Å²) in [4.78, 5) is 33.3. The lowest BCUT2D eigenvalue weighted by molar-refractivity contribution is -0.140. The number of carbonyl (C=O) groups is 3. The zero-order valence-electron chi connectivity index (χ0n) is 6.61. The Kier molecular flexibility index (Phi) is 2.12. The summed E-state index contributed by atoms with van der Waals surface area (Å²) in [7, 11) is 1.45. The molecule has 1 aliphatic heterocycles. The molecule has 1 fully saturated rings. The van der Waals surface area contributed by atoms with Crippen LogP contribution in [0.2, 0.25) is 0 Å². The number of hydrogen-bond donors (Lipinski definition) is 1. The first-order chi connectivity index (χ1) is 5.52. The highest BCUT2D eigenvalue weighted by Crippen LogP contribution is 2.15. The van der Waals surface area contributed by atoms with Gasteiger partial charge in [0.15, 0.2) is 5.78 Å². The van der Waals surface area contributed by atoms with E-state index in [1.165, 1.54) is 11.9 Å². The van der Waals surface area contributed by atoms with Crippen LogP contribution in [0.15, 0.2) is 0 Å². The van der Waals surface area contributed by atoms with Crippen LogP contribution in [-0.2, 0) is 14.4 Å². The second-order valence-electron chi connectivity index (χ2n) is 2.76. The van der Waals surface area contributed by atoms with Gasteiger partial charge in [-0.2, -0.15) is 0 Å². The summed E-state index contributed by atoms with van der Waals surface area (Å²) in [5, 5.41) is 8.41. The number of ketones is 1. The molecule has 0 aromatic heterocycles. The van der Waals surface area contributed by atoms with Crippen molar-refractivity contribution in [1.82, 2.24) is 4.90 Å². The molecule has 1 aliphatic rings. The van der Waals surface area contributed by atoms with Crippen molar-refractivity contribution in [2.45, 2.75) is 18.9 Å². The molecule has 0 saturated carbocycles. The zero-order valence-corrected chi connectivity index (χ0v) is 6.61. The molecule has 1 heterocycles. The maximum Gasteiger partial charge on any atom is 0.305 e. The van der Waals surface area contributed by atoms with Gasteiger partial charge < -0.3 is 10.0 Å². The van der Waals surface area contributed by atoms with E-state index in [-0.39, 0.29) is 24.5 Å². The predicted molar refractivity (Wildman–Crippen MR) is 38.4 cm³/mol. The number of carboxylic acids is 1. The van der Waals surface area contributed by atoms with Crippen molar-refractivity contribution >= 4 is 17.7 Å². The average Bonchev–Trinajstić information content (AvgIpc) is 2.16. The molecule has 0 aromatic rings. The molecule has 1 amide bonds. The Morgan fingerprint density at radius 3 is 2.58 bits per heavy atom. The van der Waals surface area contributed by atoms with Gasteiger partial charge in [-0.3, -0.25) is 14.4 Å². The van der Waals surface area contributed by atoms with Gasteiger partial charge in [0.25, 0.3) is 0 Å². The molecule has 0 bridgehead atoms. The highest BCUT2D eigenvalue weighted by Gasteiger charge is 2.36. The van der Waals surface area contributed by atoms with Crippen molar-refractivity contribution in [3.05, 3.63) is 0 Å². The Morgan fingerprint density at radius 1 is 1.67 bits per heavy atom. The lowest BCUT2D eigenvalue weighted by Gasteiger charge is -2.15. The topological polar surface area (TPSA) is 74.7 Å². The standard InChI is InChI=1S/C7H9NO4/c1-8-4(2-7(11)12)5(9)3-6(8)10/h4H,2-3H2,1H3,(H,11,12). The van der Waals surface area contributed by atoms with Crippen LogP contribution < -0.4 is 0 Å². The van der Waals surface area contributed by atoms with E-state index in [9.17, 15) is 14.4 Å². The molecule has 1 atom stereocenters. The summed E-state index contributed by atoms with van der Waals surface area (Å²) in [5.74, 6) is -1.66. The first-order valence-electron chi connectivity index (χ1n) is 3.52. The molecule has 5 heteroatoms. The van der Waals surface area contributed by atoms with Crippen molar-refractivity contribution in [2.24, 2.45) is 0 Å². The molecule has 1 rings (SSSR count). The van der Waals surface area contributed by atoms with E-state index >= 15 is 0 Å². The summed E-state index contributed by atoms with van der Waals surface area (Å²) in [6, 6.07) is -0.755. The van der Waals surface area contributed by atoms with Gasteiger partial charge in [0.05, 0.1) is 12.8 Å². The highest BCUT2D eigenvalue weighted by molar-refractivity contribution is 6.08. The van der Waals surface area contributed by atoms with Crippen LogP contribution in [0.3, 0.4) is 0 Å². The van der Waals surface area contributed by atoms with Crippen molar-refractivity contribution in [2.75, 3.05) is 7.05 Å². The summed E-state index contributed by atoms with van der Waals surface area (Å²) in [6.07, 6.45) is -0.449. The molecule has 1 saturated heterocycles. The van der Waals surface area contributed by atoms with Crippen molar-refractivity contribution in [1.29, 1.82) is 0 Å². The Hall–Kier alpha value is -1.39. The average molecular weight is 171 g/mol. The molecule has 0 radical (unpaired) electrons. The quantitative estimate of drug-likeness (QED) is 0.555. The summed E-state index contributed by atoms with van der Waals surface area (Å²) >= 11 is 0. The van der Waals surface area contributed by atoms with E-state index in [1.807, 2.05) is 0 Å². The number of Topliss-reactive ketones (excluding diaryl/α,β-unsaturated/α-hetero) is 1. The van der Waals surface area contributed by atoms with Crippen LogP contribution in [0.4, 0.5) is 0 Å². The first-order valence-corrected chi connectivity index (χ1v) is 3.52. The highest BCUT2D eigenvalue weighted by atomic mass is 16.4. The maximum absolute atomic E-state index is 11.0. The lowest BCUT2D eigenvalue weighted by Crippen LogP contribution is -2.33. The third-order valence-corrected chi connectivity index (χ3v) is 1.93. The summed E-state index contributed by atoms with van der Waals surface area (Å²) < 4.78 is 0. The number of likely N-dealkylation sites (tertiary alicyclic amines) is 1. The van der Waals surface area contributed by atoms with Gasteiger partial charge in [0.1, 0.15) is 6.04 Å². The monoisotopic (exact) mass is 171 g/mol. The van der Waals surface area contributed by atoms with Gasteiger partial charge in [-0.15, -0.1) is 0 Å². The van der Waals surface area contributed by atoms with Crippen LogP contribution in [0.1, 0.15) is 12.8 Å². The number of nitrogens with zero attached hydrogens (tertiary/aromatic N) is 1. The second-order valence-corrected chi connectivity index (χ2v) is 2.76. The van der Waals surface area contributed by atoms with Crippen LogP contribution in [-0.4, -0.2) is 40.8 Å². The third-order valence-electron chi connectivity index (χ3n) is 1.93. The van der Waals surface area contributed by atoms with E-state index in [4.69, 9.17) is 5.11 Å². The van der Waals surface area contributed by atoms with E-state index < -0.39 is 12.0 Å². The smallest absolute Gasteiger partial charge is 0.305 e. The van der Waals surface area contributed by atoms with Gasteiger partial charge in [0, 0.05) is 7.05 Å². The first kappa shape index (κ1) is 8.70. The van der Waals surface area contributed by atoms with Gasteiger partial charge in [0.2, 0.25) is 5.91 Å². The molecular weight excluding hydrogens is 162 g/mol. The predicted octanol–water partition coefficient (Wildman–Crippen LogP) is -0.739. The molecule has 1 N–H and O–H groups in total. The van der Waals surface area contributed by atoms with Gasteiger partial charge in [-0.25, -0.2) is 0 Å². The van der Waals surface area contributed by atoms with Crippen LogP contribution >= 0.6 is 0 Å². The summed E-state index contributed by atoms with van der Waals surface area (Å²) in [5.41, 5.74) is 0. The molecule has 66 valence electrons. The van der Waals surface area contributed by atoms with Gasteiger partial charge >= 0.3 is 5.97 Å². The van der Waals surface area contributed by atoms with E-state index in [2.05, 4.69) is 0 Å². The van der Waals surface area contributed by atoms with E-state index in [1.54, 1.807) is 0 Å². The number of hydrogen-bond acceptors (Lipinski definition) is 3. The number of carbonyl (C=O) groups excluding carboxylic acids is 2. The Balaban J connectivity index is 2.70.